The molecule has 0 spiro atoms. The van der Waals surface area contributed by atoms with Crippen molar-refractivity contribution >= 4 is 77.1 Å². The number of aromatic nitrogens is 1. The first kappa shape index (κ1) is 29.2. The van der Waals surface area contributed by atoms with Gasteiger partial charge in [-0.1, -0.05) is 35.9 Å². The van der Waals surface area contributed by atoms with Gasteiger partial charge in [0.2, 0.25) is 5.91 Å². The number of rotatable bonds is 9. The van der Waals surface area contributed by atoms with Crippen molar-refractivity contribution in [2.45, 2.75) is 39.7 Å². The molecular formula is C26H28ClN3O6S3. The molecule has 13 heteroatoms. The minimum absolute atomic E-state index is 0.173. The summed E-state index contributed by atoms with van der Waals surface area (Å²) in [5.74, 6) is -3.71. The minimum atomic E-state index is -4.15. The van der Waals surface area contributed by atoms with Crippen LogP contribution in [-0.2, 0) is 43.5 Å². The number of hydrogen-bond acceptors (Lipinski definition) is 8. The van der Waals surface area contributed by atoms with E-state index in [9.17, 15) is 22.8 Å². The topological polar surface area (TPSA) is 124 Å². The fourth-order valence-electron chi connectivity index (χ4n) is 4.44. The number of hydrogen-bond donors (Lipinski definition) is 1. The van der Waals surface area contributed by atoms with E-state index in [2.05, 4.69) is 23.8 Å². The standard InChI is InChI=1S/C26H28ClN3O6S3/c1-4-10-30-18-9-7-16(27)12-20(18)38-26(30)29-22(32)14-39(34,35)13-21(31)28-24-23(25(33)36-5-2)17-8-6-15(3)11-19(17)37-24/h4,7,9,12,15H,1,5-6,8,10-11,13-14H2,2-3H3,(H,28,31). The van der Waals surface area contributed by atoms with Gasteiger partial charge < -0.3 is 14.6 Å². The fraction of sp³-hybridized carbons (Fsp3) is 0.385. The van der Waals surface area contributed by atoms with Crippen LogP contribution >= 0.6 is 34.3 Å². The van der Waals surface area contributed by atoms with Crippen LogP contribution in [-0.4, -0.2) is 48.9 Å². The second kappa shape index (κ2) is 12.2. The molecule has 1 atom stereocenters. The number of thiophene rings is 1. The van der Waals surface area contributed by atoms with Crippen LogP contribution in [0.1, 0.15) is 41.1 Å². The zero-order valence-corrected chi connectivity index (χ0v) is 24.7. The van der Waals surface area contributed by atoms with Crippen molar-refractivity contribution in [3.63, 3.8) is 0 Å². The highest BCUT2D eigenvalue weighted by Crippen LogP contribution is 2.40. The molecule has 2 amide bonds. The largest absolute Gasteiger partial charge is 0.462 e. The van der Waals surface area contributed by atoms with Gasteiger partial charge in [0, 0.05) is 16.4 Å². The lowest BCUT2D eigenvalue weighted by molar-refractivity contribution is -0.115. The fourth-order valence-corrected chi connectivity index (χ4v) is 8.20. The predicted molar refractivity (Wildman–Crippen MR) is 154 cm³/mol. The molecule has 0 bridgehead atoms. The van der Waals surface area contributed by atoms with E-state index < -0.39 is 39.1 Å². The highest BCUT2D eigenvalue weighted by molar-refractivity contribution is 7.92. The molecule has 0 fully saturated rings. The van der Waals surface area contributed by atoms with Crippen LogP contribution in [0.25, 0.3) is 10.2 Å². The molecule has 1 unspecified atom stereocenters. The number of nitrogens with zero attached hydrogens (tertiary/aromatic N) is 2. The SMILES string of the molecule is C=CCn1c(=NC(=O)CS(=O)(=O)CC(=O)Nc2sc3c(c2C(=O)OCC)CCC(C)C3)sc2cc(Cl)ccc21. The monoisotopic (exact) mass is 609 g/mol. The number of anilines is 1. The highest BCUT2D eigenvalue weighted by Gasteiger charge is 2.30. The van der Waals surface area contributed by atoms with Crippen LogP contribution in [0.3, 0.4) is 0 Å². The lowest BCUT2D eigenvalue weighted by atomic mass is 9.88. The van der Waals surface area contributed by atoms with Crippen LogP contribution in [0.15, 0.2) is 35.8 Å². The normalized spacial score (nSPS) is 15.7. The molecule has 1 aliphatic rings. The smallest absolute Gasteiger partial charge is 0.341 e. The van der Waals surface area contributed by atoms with E-state index in [1.807, 2.05) is 0 Å². The molecule has 1 N–H and O–H groups in total. The third kappa shape index (κ3) is 6.86. The Hall–Kier alpha value is -2.80. The summed E-state index contributed by atoms with van der Waals surface area (Å²) < 4.78 is 33.2. The molecule has 4 rings (SSSR count). The molecule has 0 aliphatic heterocycles. The van der Waals surface area contributed by atoms with E-state index in [-0.39, 0.29) is 17.2 Å². The molecule has 0 radical (unpaired) electrons. The average molecular weight is 610 g/mol. The number of carbonyl (C=O) groups excluding carboxylic acids is 3. The lowest BCUT2D eigenvalue weighted by Gasteiger charge is -2.18. The van der Waals surface area contributed by atoms with Crippen molar-refractivity contribution in [1.29, 1.82) is 0 Å². The Bertz CT molecular complexity index is 1630. The van der Waals surface area contributed by atoms with Crippen LogP contribution in [0, 0.1) is 5.92 Å². The number of halogens is 1. The van der Waals surface area contributed by atoms with Gasteiger partial charge >= 0.3 is 5.97 Å². The van der Waals surface area contributed by atoms with Crippen molar-refractivity contribution in [3.8, 4) is 0 Å². The Labute approximate surface area is 239 Å². The van der Waals surface area contributed by atoms with E-state index >= 15 is 0 Å². The van der Waals surface area contributed by atoms with Crippen LogP contribution < -0.4 is 10.1 Å². The molecular weight excluding hydrogens is 582 g/mol. The average Bonchev–Trinajstić information content (AvgIpc) is 3.34. The third-order valence-corrected chi connectivity index (χ3v) is 9.95. The number of benzene rings is 1. The number of thiazole rings is 1. The van der Waals surface area contributed by atoms with E-state index in [1.54, 1.807) is 35.8 Å². The minimum Gasteiger partial charge on any atom is -0.462 e. The van der Waals surface area contributed by atoms with Gasteiger partial charge in [0.05, 0.1) is 22.4 Å². The van der Waals surface area contributed by atoms with Crippen molar-refractivity contribution in [2.75, 3.05) is 23.4 Å². The second-order valence-corrected chi connectivity index (χ2v) is 13.9. The Morgan fingerprint density at radius 2 is 2.05 bits per heavy atom. The summed E-state index contributed by atoms with van der Waals surface area (Å²) in [6.45, 7) is 8.06. The summed E-state index contributed by atoms with van der Waals surface area (Å²) in [7, 11) is -4.15. The van der Waals surface area contributed by atoms with Gasteiger partial charge in [-0.15, -0.1) is 17.9 Å². The van der Waals surface area contributed by atoms with Crippen LogP contribution in [0.2, 0.25) is 5.02 Å². The van der Waals surface area contributed by atoms with Gasteiger partial charge in [0.25, 0.3) is 5.91 Å². The first-order chi connectivity index (χ1) is 18.5. The predicted octanol–water partition coefficient (Wildman–Crippen LogP) is 4.39. The van der Waals surface area contributed by atoms with Crippen LogP contribution in [0.5, 0.6) is 0 Å². The summed E-state index contributed by atoms with van der Waals surface area (Å²) in [4.78, 5) is 43.4. The Balaban J connectivity index is 1.51. The number of sulfone groups is 1. The number of nitrogens with one attached hydrogen (secondary N) is 1. The van der Waals surface area contributed by atoms with Gasteiger partial charge in [0.1, 0.15) is 16.5 Å². The summed E-state index contributed by atoms with van der Waals surface area (Å²) in [6, 6.07) is 5.23. The molecule has 2 aromatic heterocycles. The Kier molecular flexibility index (Phi) is 9.10. The molecule has 0 saturated carbocycles. The van der Waals surface area contributed by atoms with E-state index in [0.29, 0.717) is 28.7 Å². The first-order valence-corrected chi connectivity index (χ1v) is 16.1. The highest BCUT2D eigenvalue weighted by atomic mass is 35.5. The Morgan fingerprint density at radius 1 is 1.28 bits per heavy atom. The number of amides is 2. The van der Waals surface area contributed by atoms with Gasteiger partial charge in [-0.3, -0.25) is 9.59 Å². The molecule has 208 valence electrons. The zero-order valence-electron chi connectivity index (χ0n) is 21.5. The van der Waals surface area contributed by atoms with E-state index in [4.69, 9.17) is 16.3 Å². The second-order valence-electron chi connectivity index (χ2n) is 9.26. The summed E-state index contributed by atoms with van der Waals surface area (Å²) in [5, 5.41) is 3.38. The Morgan fingerprint density at radius 3 is 2.77 bits per heavy atom. The maximum absolute atomic E-state index is 12.8. The summed E-state index contributed by atoms with van der Waals surface area (Å²) >= 11 is 8.54. The summed E-state index contributed by atoms with van der Waals surface area (Å²) in [5.41, 5.74) is 1.92. The molecule has 2 heterocycles. The number of esters is 1. The van der Waals surface area contributed by atoms with Gasteiger partial charge in [-0.05, 0) is 55.9 Å². The maximum Gasteiger partial charge on any atom is 0.341 e. The molecule has 1 aliphatic carbocycles. The quantitative estimate of drug-likeness (QED) is 0.284. The molecule has 3 aromatic rings. The summed E-state index contributed by atoms with van der Waals surface area (Å²) in [6.07, 6.45) is 4.00. The number of allylic oxidation sites excluding steroid dienone is 1. The third-order valence-electron chi connectivity index (χ3n) is 6.12. The number of carbonyl (C=O) groups is 3. The number of fused-ring (bicyclic) bond motifs is 2. The molecule has 0 saturated heterocycles. The van der Waals surface area contributed by atoms with Crippen LogP contribution in [0.4, 0.5) is 5.00 Å². The van der Waals surface area contributed by atoms with E-state index in [1.165, 1.54) is 22.7 Å². The molecule has 39 heavy (non-hydrogen) atoms. The van der Waals surface area contributed by atoms with E-state index in [0.717, 1.165) is 33.5 Å². The van der Waals surface area contributed by atoms with Gasteiger partial charge in [0.15, 0.2) is 14.6 Å². The van der Waals surface area contributed by atoms with Crippen molar-refractivity contribution in [1.82, 2.24) is 4.57 Å². The number of ether oxygens (including phenoxy) is 1. The zero-order chi connectivity index (χ0) is 28.3. The van der Waals surface area contributed by atoms with Crippen molar-refractivity contribution in [3.05, 3.63) is 56.7 Å². The maximum atomic E-state index is 12.8. The van der Waals surface area contributed by atoms with Gasteiger partial charge in [-0.25, -0.2) is 13.2 Å². The van der Waals surface area contributed by atoms with Gasteiger partial charge in [-0.2, -0.15) is 4.99 Å². The molecule has 9 nitrogen and oxygen atoms in total. The first-order valence-electron chi connectivity index (χ1n) is 12.3. The molecule has 1 aromatic carbocycles. The van der Waals surface area contributed by atoms with Crippen molar-refractivity contribution in [2.24, 2.45) is 10.9 Å². The lowest BCUT2D eigenvalue weighted by Crippen LogP contribution is -2.28. The van der Waals surface area contributed by atoms with Crippen molar-refractivity contribution < 1.29 is 27.5 Å².